The topological polar surface area (TPSA) is 90.1 Å². The van der Waals surface area contributed by atoms with Crippen LogP contribution in [0.1, 0.15) is 0 Å². The zero-order valence-corrected chi connectivity index (χ0v) is 12.6. The highest BCUT2D eigenvalue weighted by Crippen LogP contribution is 2.22. The summed E-state index contributed by atoms with van der Waals surface area (Å²) in [5.41, 5.74) is -0.0757. The van der Waals surface area contributed by atoms with Gasteiger partial charge in [-0.1, -0.05) is 11.6 Å². The summed E-state index contributed by atoms with van der Waals surface area (Å²) in [7, 11) is 0. The van der Waals surface area contributed by atoms with Crippen LogP contribution in [0, 0.1) is 15.9 Å². The molecule has 1 aromatic heterocycles. The van der Waals surface area contributed by atoms with Crippen molar-refractivity contribution >= 4 is 44.9 Å². The molecule has 110 valence electrons. The highest BCUT2D eigenvalue weighted by atomic mass is 79.9. The van der Waals surface area contributed by atoms with Crippen molar-refractivity contribution in [1.82, 2.24) is 9.78 Å². The molecular weight excluding hydrogens is 371 g/mol. The lowest BCUT2D eigenvalue weighted by Crippen LogP contribution is -2.19. The lowest BCUT2D eigenvalue weighted by Gasteiger charge is -2.05. The highest BCUT2D eigenvalue weighted by Gasteiger charge is 2.20. The molecule has 1 aromatic carbocycles. The molecule has 0 saturated carbocycles. The van der Waals surface area contributed by atoms with Crippen LogP contribution in [0.5, 0.6) is 0 Å². The van der Waals surface area contributed by atoms with Gasteiger partial charge in [-0.05, 0) is 39.1 Å². The van der Waals surface area contributed by atoms with Crippen LogP contribution < -0.4 is 5.32 Å². The molecule has 7 nitrogen and oxygen atoms in total. The van der Waals surface area contributed by atoms with E-state index in [2.05, 4.69) is 26.3 Å². The van der Waals surface area contributed by atoms with Crippen molar-refractivity contribution in [2.24, 2.45) is 0 Å². The van der Waals surface area contributed by atoms with Gasteiger partial charge in [-0.15, -0.1) is 0 Å². The molecule has 2 rings (SSSR count). The van der Waals surface area contributed by atoms with Gasteiger partial charge in [0.15, 0.2) is 0 Å². The number of anilines is 1. The van der Waals surface area contributed by atoms with Crippen molar-refractivity contribution < 1.29 is 14.1 Å². The van der Waals surface area contributed by atoms with Crippen LogP contribution in [0.15, 0.2) is 28.9 Å². The van der Waals surface area contributed by atoms with E-state index in [1.165, 1.54) is 18.3 Å². The average molecular weight is 378 g/mol. The number of rotatable bonds is 4. The van der Waals surface area contributed by atoms with Gasteiger partial charge in [0.1, 0.15) is 16.8 Å². The van der Waals surface area contributed by atoms with Crippen molar-refractivity contribution in [2.45, 2.75) is 6.54 Å². The van der Waals surface area contributed by atoms with Gasteiger partial charge in [0.05, 0.1) is 17.0 Å². The number of nitro groups is 1. The van der Waals surface area contributed by atoms with E-state index in [1.54, 1.807) is 0 Å². The zero-order chi connectivity index (χ0) is 15.6. The van der Waals surface area contributed by atoms with Crippen LogP contribution in [0.25, 0.3) is 0 Å². The molecule has 0 radical (unpaired) electrons. The van der Waals surface area contributed by atoms with E-state index in [0.717, 1.165) is 10.7 Å². The summed E-state index contributed by atoms with van der Waals surface area (Å²) in [5, 5.41) is 16.8. The van der Waals surface area contributed by atoms with E-state index in [0.29, 0.717) is 0 Å². The molecule has 1 amide bonds. The van der Waals surface area contributed by atoms with Gasteiger partial charge in [0, 0.05) is 5.02 Å². The Kier molecular flexibility index (Phi) is 4.53. The number of hydrogen-bond acceptors (Lipinski definition) is 4. The molecule has 0 saturated heterocycles. The standard InChI is InChI=1S/C11H7BrClFN4O3/c12-7-4-17(16-11(7)18(20)21)5-10(19)15-9-3-6(13)1-2-8(9)14/h1-4H,5H2,(H,15,19). The number of nitrogens with one attached hydrogen (secondary N) is 1. The first kappa shape index (κ1) is 15.4. The number of halogens is 3. The molecule has 0 aliphatic carbocycles. The lowest BCUT2D eigenvalue weighted by molar-refractivity contribution is -0.390. The zero-order valence-electron chi connectivity index (χ0n) is 10.2. The number of carbonyl (C=O) groups is 1. The second-order valence-electron chi connectivity index (χ2n) is 3.93. The van der Waals surface area contributed by atoms with Crippen molar-refractivity contribution in [3.63, 3.8) is 0 Å². The quantitative estimate of drug-likeness (QED) is 0.655. The van der Waals surface area contributed by atoms with Crippen LogP contribution in [-0.4, -0.2) is 20.6 Å². The Balaban J connectivity index is 2.10. The van der Waals surface area contributed by atoms with Gasteiger partial charge >= 0.3 is 5.82 Å². The van der Waals surface area contributed by atoms with Crippen molar-refractivity contribution in [1.29, 1.82) is 0 Å². The predicted molar refractivity (Wildman–Crippen MR) is 76.6 cm³/mol. The second-order valence-corrected chi connectivity index (χ2v) is 5.22. The minimum atomic E-state index is -0.685. The summed E-state index contributed by atoms with van der Waals surface area (Å²) < 4.78 is 14.7. The summed E-state index contributed by atoms with van der Waals surface area (Å²) >= 11 is 8.66. The number of aromatic nitrogens is 2. The molecule has 0 aliphatic rings. The third kappa shape index (κ3) is 3.76. The maximum absolute atomic E-state index is 13.5. The number of hydrogen-bond donors (Lipinski definition) is 1. The first-order valence-corrected chi connectivity index (χ1v) is 6.66. The maximum Gasteiger partial charge on any atom is 0.404 e. The summed E-state index contributed by atoms with van der Waals surface area (Å²) in [4.78, 5) is 21.7. The van der Waals surface area contributed by atoms with E-state index < -0.39 is 22.5 Å². The molecular formula is C11H7BrClFN4O3. The highest BCUT2D eigenvalue weighted by molar-refractivity contribution is 9.10. The Labute approximate surface area is 131 Å². The van der Waals surface area contributed by atoms with E-state index in [-0.39, 0.29) is 21.7 Å². The van der Waals surface area contributed by atoms with Crippen molar-refractivity contribution in [3.8, 4) is 0 Å². The minimum absolute atomic E-state index is 0.0757. The third-order valence-corrected chi connectivity index (χ3v) is 3.17. The van der Waals surface area contributed by atoms with Crippen LogP contribution >= 0.6 is 27.5 Å². The molecule has 0 unspecified atom stereocenters. The van der Waals surface area contributed by atoms with Gasteiger partial charge < -0.3 is 15.4 Å². The van der Waals surface area contributed by atoms with E-state index >= 15 is 0 Å². The SMILES string of the molecule is O=C(Cn1cc(Br)c([N+](=O)[O-])n1)Nc1cc(Cl)ccc1F. The van der Waals surface area contributed by atoms with Crippen LogP contribution in [0.3, 0.4) is 0 Å². The first-order chi connectivity index (χ1) is 9.86. The lowest BCUT2D eigenvalue weighted by atomic mass is 10.3. The predicted octanol–water partition coefficient (Wildman–Crippen LogP) is 2.99. The molecule has 0 aliphatic heterocycles. The normalized spacial score (nSPS) is 10.4. The molecule has 0 bridgehead atoms. The Hall–Kier alpha value is -2.00. The molecule has 0 atom stereocenters. The molecule has 21 heavy (non-hydrogen) atoms. The molecule has 1 N–H and O–H groups in total. The third-order valence-electron chi connectivity index (χ3n) is 2.38. The Bertz CT molecular complexity index is 721. The summed E-state index contributed by atoms with van der Waals surface area (Å²) in [6, 6.07) is 3.73. The summed E-state index contributed by atoms with van der Waals surface area (Å²) in [5.74, 6) is -1.64. The van der Waals surface area contributed by atoms with Crippen molar-refractivity contribution in [3.05, 3.63) is 49.8 Å². The average Bonchev–Trinajstić information content (AvgIpc) is 2.74. The fourth-order valence-corrected chi connectivity index (χ4v) is 2.15. The summed E-state index contributed by atoms with van der Waals surface area (Å²) in [6.45, 7) is -0.307. The molecule has 0 fully saturated rings. The van der Waals surface area contributed by atoms with Crippen molar-refractivity contribution in [2.75, 3.05) is 5.32 Å². The van der Waals surface area contributed by atoms with E-state index in [1.807, 2.05) is 0 Å². The summed E-state index contributed by atoms with van der Waals surface area (Å²) in [6.07, 6.45) is 1.28. The van der Waals surface area contributed by atoms with Gasteiger partial charge in [0.2, 0.25) is 5.91 Å². The minimum Gasteiger partial charge on any atom is -0.358 e. The van der Waals surface area contributed by atoms with E-state index in [9.17, 15) is 19.3 Å². The van der Waals surface area contributed by atoms with Crippen LogP contribution in [0.2, 0.25) is 5.02 Å². The van der Waals surface area contributed by atoms with Gasteiger partial charge in [0.25, 0.3) is 0 Å². The maximum atomic E-state index is 13.5. The van der Waals surface area contributed by atoms with E-state index in [4.69, 9.17) is 11.6 Å². The number of benzene rings is 1. The fourth-order valence-electron chi connectivity index (χ4n) is 1.52. The number of nitrogens with zero attached hydrogens (tertiary/aromatic N) is 3. The number of amides is 1. The van der Waals surface area contributed by atoms with Gasteiger partial charge in [-0.3, -0.25) is 4.79 Å². The van der Waals surface area contributed by atoms with Gasteiger partial charge in [-0.25, -0.2) is 4.39 Å². The Morgan fingerprint density at radius 2 is 2.29 bits per heavy atom. The largest absolute Gasteiger partial charge is 0.404 e. The van der Waals surface area contributed by atoms with Crippen LogP contribution in [-0.2, 0) is 11.3 Å². The number of carbonyl (C=O) groups excluding carboxylic acids is 1. The molecule has 1 heterocycles. The fraction of sp³-hybridized carbons (Fsp3) is 0.0909. The Morgan fingerprint density at radius 1 is 1.57 bits per heavy atom. The second kappa shape index (κ2) is 6.19. The molecule has 2 aromatic rings. The first-order valence-electron chi connectivity index (χ1n) is 5.49. The molecule has 10 heteroatoms. The Morgan fingerprint density at radius 3 is 2.90 bits per heavy atom. The van der Waals surface area contributed by atoms with Crippen LogP contribution in [0.4, 0.5) is 15.9 Å². The van der Waals surface area contributed by atoms with Gasteiger partial charge in [-0.2, -0.15) is 4.68 Å². The smallest absolute Gasteiger partial charge is 0.358 e. The molecule has 0 spiro atoms. The monoisotopic (exact) mass is 376 g/mol.